The Balaban J connectivity index is 1.46. The third-order valence-corrected chi connectivity index (χ3v) is 6.16. The third-order valence-electron chi connectivity index (χ3n) is 4.89. The van der Waals surface area contributed by atoms with Crippen LogP contribution < -0.4 is 5.32 Å². The van der Waals surface area contributed by atoms with Crippen molar-refractivity contribution in [3.63, 3.8) is 0 Å². The van der Waals surface area contributed by atoms with Gasteiger partial charge >= 0.3 is 0 Å². The van der Waals surface area contributed by atoms with Gasteiger partial charge in [-0.05, 0) is 36.6 Å². The van der Waals surface area contributed by atoms with Gasteiger partial charge in [-0.25, -0.2) is 0 Å². The quantitative estimate of drug-likeness (QED) is 0.693. The average Bonchev–Trinajstić information content (AvgIpc) is 3.01. The van der Waals surface area contributed by atoms with Gasteiger partial charge in [0.1, 0.15) is 5.82 Å². The van der Waals surface area contributed by atoms with Gasteiger partial charge in [-0.15, -0.1) is 10.2 Å². The molecular weight excluding hydrogens is 368 g/mol. The van der Waals surface area contributed by atoms with E-state index >= 15 is 0 Å². The van der Waals surface area contributed by atoms with Gasteiger partial charge in [0.15, 0.2) is 5.16 Å². The lowest BCUT2D eigenvalue weighted by Gasteiger charge is -2.20. The molecule has 1 fully saturated rings. The van der Waals surface area contributed by atoms with Crippen molar-refractivity contribution in [3.8, 4) is 0 Å². The molecule has 1 amide bonds. The van der Waals surface area contributed by atoms with Crippen LogP contribution in [0, 0.1) is 5.92 Å². The molecule has 1 aliphatic rings. The largest absolute Gasteiger partial charge is 0.325 e. The van der Waals surface area contributed by atoms with Crippen LogP contribution in [0.5, 0.6) is 0 Å². The normalized spacial score (nSPS) is 15.2. The van der Waals surface area contributed by atoms with E-state index in [-0.39, 0.29) is 5.91 Å². The molecule has 1 aliphatic carbocycles. The van der Waals surface area contributed by atoms with E-state index in [2.05, 4.69) is 15.5 Å². The zero-order chi connectivity index (χ0) is 18.4. The first-order valence-electron chi connectivity index (χ1n) is 9.18. The summed E-state index contributed by atoms with van der Waals surface area (Å²) in [5.74, 6) is 2.08. The number of rotatable bonds is 7. The maximum atomic E-state index is 12.1. The Kier molecular flexibility index (Phi) is 6.97. The Bertz CT molecular complexity index is 726. The number of benzene rings is 1. The first-order valence-corrected chi connectivity index (χ1v) is 10.5. The maximum absolute atomic E-state index is 12.1. The lowest BCUT2D eigenvalue weighted by molar-refractivity contribution is -0.113. The molecule has 0 radical (unpaired) electrons. The number of hydrogen-bond donors (Lipinski definition) is 1. The van der Waals surface area contributed by atoms with Gasteiger partial charge in [0, 0.05) is 24.2 Å². The minimum atomic E-state index is -0.0657. The van der Waals surface area contributed by atoms with Crippen molar-refractivity contribution in [2.24, 2.45) is 13.0 Å². The van der Waals surface area contributed by atoms with Crippen LogP contribution in [0.1, 0.15) is 44.3 Å². The van der Waals surface area contributed by atoms with E-state index in [0.29, 0.717) is 10.8 Å². The number of halogens is 1. The molecule has 0 bridgehead atoms. The van der Waals surface area contributed by atoms with Gasteiger partial charge in [-0.3, -0.25) is 4.79 Å². The summed E-state index contributed by atoms with van der Waals surface area (Å²) in [5.41, 5.74) is 0.742. The summed E-state index contributed by atoms with van der Waals surface area (Å²) in [5, 5.41) is 12.9. The highest BCUT2D eigenvalue weighted by Gasteiger charge is 2.16. The molecule has 1 aromatic carbocycles. The Morgan fingerprint density at radius 1 is 1.23 bits per heavy atom. The Labute approximate surface area is 163 Å². The second-order valence-corrected chi connectivity index (χ2v) is 8.22. The number of aromatic nitrogens is 3. The van der Waals surface area contributed by atoms with Crippen LogP contribution in [0.2, 0.25) is 5.02 Å². The van der Waals surface area contributed by atoms with Crippen LogP contribution in [-0.4, -0.2) is 26.4 Å². The molecule has 0 spiro atoms. The predicted molar refractivity (Wildman–Crippen MR) is 107 cm³/mol. The topological polar surface area (TPSA) is 59.8 Å². The summed E-state index contributed by atoms with van der Waals surface area (Å²) < 4.78 is 2.02. The first-order chi connectivity index (χ1) is 12.6. The maximum Gasteiger partial charge on any atom is 0.234 e. The lowest BCUT2D eigenvalue weighted by atomic mass is 9.86. The highest BCUT2D eigenvalue weighted by atomic mass is 35.5. The fourth-order valence-corrected chi connectivity index (χ4v) is 4.21. The Morgan fingerprint density at radius 2 is 1.96 bits per heavy atom. The van der Waals surface area contributed by atoms with Crippen LogP contribution in [0.15, 0.2) is 29.4 Å². The standard InChI is InChI=1S/C19H25ClN4OS/c1-24-17(12-7-14-5-3-2-4-6-14)22-23-19(24)26-13-18(25)21-16-10-8-15(20)9-11-16/h8-11,14H,2-7,12-13H2,1H3,(H,21,25). The van der Waals surface area contributed by atoms with Gasteiger partial charge in [0.25, 0.3) is 0 Å². The molecule has 0 atom stereocenters. The Morgan fingerprint density at radius 3 is 2.69 bits per heavy atom. The number of thioether (sulfide) groups is 1. The molecule has 0 unspecified atom stereocenters. The molecule has 0 aliphatic heterocycles. The number of carbonyl (C=O) groups excluding carboxylic acids is 1. The van der Waals surface area contributed by atoms with Crippen molar-refractivity contribution in [3.05, 3.63) is 35.1 Å². The summed E-state index contributed by atoms with van der Waals surface area (Å²) in [6, 6.07) is 7.09. The minimum Gasteiger partial charge on any atom is -0.325 e. The van der Waals surface area contributed by atoms with Crippen molar-refractivity contribution < 1.29 is 4.79 Å². The highest BCUT2D eigenvalue weighted by Crippen LogP contribution is 2.27. The van der Waals surface area contributed by atoms with E-state index in [4.69, 9.17) is 11.6 Å². The number of carbonyl (C=O) groups is 1. The monoisotopic (exact) mass is 392 g/mol. The van der Waals surface area contributed by atoms with E-state index < -0.39 is 0 Å². The number of aryl methyl sites for hydroxylation is 1. The smallest absolute Gasteiger partial charge is 0.234 e. The fraction of sp³-hybridized carbons (Fsp3) is 0.526. The van der Waals surface area contributed by atoms with Gasteiger partial charge in [0.2, 0.25) is 5.91 Å². The number of anilines is 1. The van der Waals surface area contributed by atoms with Gasteiger partial charge in [-0.1, -0.05) is 55.5 Å². The summed E-state index contributed by atoms with van der Waals surface area (Å²) in [6.45, 7) is 0. The Hall–Kier alpha value is -1.53. The lowest BCUT2D eigenvalue weighted by Crippen LogP contribution is -2.14. The van der Waals surface area contributed by atoms with Gasteiger partial charge in [-0.2, -0.15) is 0 Å². The molecule has 26 heavy (non-hydrogen) atoms. The summed E-state index contributed by atoms with van der Waals surface area (Å²) >= 11 is 7.26. The van der Waals surface area contributed by atoms with Crippen LogP contribution >= 0.6 is 23.4 Å². The summed E-state index contributed by atoms with van der Waals surface area (Å²) in [7, 11) is 1.98. The second kappa shape index (κ2) is 9.42. The molecule has 7 heteroatoms. The summed E-state index contributed by atoms with van der Waals surface area (Å²) in [4.78, 5) is 12.1. The van der Waals surface area contributed by atoms with Crippen LogP contribution in [0.25, 0.3) is 0 Å². The zero-order valence-corrected chi connectivity index (χ0v) is 16.7. The molecule has 2 aromatic rings. The average molecular weight is 393 g/mol. The summed E-state index contributed by atoms with van der Waals surface area (Å²) in [6.07, 6.45) is 8.98. The van der Waals surface area contributed by atoms with Crippen molar-refractivity contribution >= 4 is 35.0 Å². The molecule has 1 N–H and O–H groups in total. The van der Waals surface area contributed by atoms with Gasteiger partial charge in [0.05, 0.1) is 5.75 Å². The van der Waals surface area contributed by atoms with E-state index in [1.807, 2.05) is 11.6 Å². The number of hydrogen-bond acceptors (Lipinski definition) is 4. The molecule has 3 rings (SSSR count). The van der Waals surface area contributed by atoms with E-state index in [1.165, 1.54) is 50.3 Å². The fourth-order valence-electron chi connectivity index (χ4n) is 3.36. The zero-order valence-electron chi connectivity index (χ0n) is 15.1. The molecule has 0 saturated heterocycles. The van der Waals surface area contributed by atoms with Crippen LogP contribution in [-0.2, 0) is 18.3 Å². The van der Waals surface area contributed by atoms with Crippen LogP contribution in [0.4, 0.5) is 5.69 Å². The van der Waals surface area contributed by atoms with E-state index in [1.54, 1.807) is 24.3 Å². The van der Waals surface area contributed by atoms with Crippen molar-refractivity contribution in [2.45, 2.75) is 50.1 Å². The molecule has 1 heterocycles. The first kappa shape index (κ1) is 19.2. The van der Waals surface area contributed by atoms with Crippen LogP contribution in [0.3, 0.4) is 0 Å². The van der Waals surface area contributed by atoms with E-state index in [9.17, 15) is 4.79 Å². The number of amides is 1. The predicted octanol–water partition coefficient (Wildman–Crippen LogP) is 4.71. The van der Waals surface area contributed by atoms with E-state index in [0.717, 1.165) is 29.0 Å². The highest BCUT2D eigenvalue weighted by molar-refractivity contribution is 7.99. The van der Waals surface area contributed by atoms with Crippen molar-refractivity contribution in [2.75, 3.05) is 11.1 Å². The second-order valence-electron chi connectivity index (χ2n) is 6.84. The minimum absolute atomic E-state index is 0.0657. The van der Waals surface area contributed by atoms with Gasteiger partial charge < -0.3 is 9.88 Å². The molecular formula is C19H25ClN4OS. The SMILES string of the molecule is Cn1c(CCC2CCCCC2)nnc1SCC(=O)Nc1ccc(Cl)cc1. The number of nitrogens with one attached hydrogen (secondary N) is 1. The number of nitrogens with zero attached hydrogens (tertiary/aromatic N) is 3. The van der Waals surface area contributed by atoms with Crippen molar-refractivity contribution in [1.82, 2.24) is 14.8 Å². The molecule has 5 nitrogen and oxygen atoms in total. The molecule has 1 saturated carbocycles. The van der Waals surface area contributed by atoms with Crippen molar-refractivity contribution in [1.29, 1.82) is 0 Å². The molecule has 140 valence electrons. The molecule has 1 aromatic heterocycles. The third kappa shape index (κ3) is 5.48.